The number of carbonyl (C=O) groups is 1. The molecule has 0 spiro atoms. The molecule has 0 aromatic carbocycles. The summed E-state index contributed by atoms with van der Waals surface area (Å²) in [6.45, 7) is 2.34. The Hall–Kier alpha value is -1.69. The number of rotatable bonds is 9. The largest absolute Gasteiger partial charge is 0.369 e. The Morgan fingerprint density at radius 2 is 1.96 bits per heavy atom. The molecule has 2 rings (SSSR count). The van der Waals surface area contributed by atoms with Crippen LogP contribution in [0.1, 0.15) is 61.9 Å². The van der Waals surface area contributed by atoms with E-state index in [1.165, 1.54) is 32.1 Å². The van der Waals surface area contributed by atoms with Gasteiger partial charge in [-0.1, -0.05) is 25.7 Å². The predicted molar refractivity (Wildman–Crippen MR) is 92.3 cm³/mol. The molecule has 128 valence electrons. The lowest BCUT2D eigenvalue weighted by molar-refractivity contribution is 0.0938. The van der Waals surface area contributed by atoms with Crippen molar-refractivity contribution in [2.75, 3.05) is 25.0 Å². The molecule has 6 heteroatoms. The summed E-state index contributed by atoms with van der Waals surface area (Å²) in [6.07, 6.45) is 12.7. The molecule has 4 N–H and O–H groups in total. The first-order valence-corrected chi connectivity index (χ1v) is 8.84. The van der Waals surface area contributed by atoms with Crippen LogP contribution in [0.2, 0.25) is 0 Å². The van der Waals surface area contributed by atoms with Gasteiger partial charge in [0.1, 0.15) is 11.5 Å². The number of unbranched alkanes of at least 4 members (excludes halogenated alkanes) is 2. The van der Waals surface area contributed by atoms with Gasteiger partial charge in [-0.3, -0.25) is 4.79 Å². The minimum absolute atomic E-state index is 0.127. The number of aromatic nitrogens is 2. The van der Waals surface area contributed by atoms with Gasteiger partial charge in [-0.05, 0) is 38.1 Å². The summed E-state index contributed by atoms with van der Waals surface area (Å²) in [7, 11) is 0. The Labute approximate surface area is 138 Å². The van der Waals surface area contributed by atoms with E-state index in [1.807, 2.05) is 0 Å². The van der Waals surface area contributed by atoms with E-state index in [0.29, 0.717) is 17.4 Å². The minimum atomic E-state index is -0.127. The van der Waals surface area contributed by atoms with Crippen LogP contribution >= 0.6 is 0 Å². The molecule has 1 saturated carbocycles. The Balaban J connectivity index is 1.69. The number of hydrogen-bond acceptors (Lipinski definition) is 5. The van der Waals surface area contributed by atoms with Gasteiger partial charge in [0, 0.05) is 13.1 Å². The fraction of sp³-hybridized carbons (Fsp3) is 0.706. The monoisotopic (exact) mass is 319 g/mol. The minimum Gasteiger partial charge on any atom is -0.369 e. The molecular formula is C17H29N5O. The number of anilines is 1. The Kier molecular flexibility index (Phi) is 7.80. The normalized spacial score (nSPS) is 15.3. The van der Waals surface area contributed by atoms with Crippen molar-refractivity contribution in [3.05, 3.63) is 18.1 Å². The molecule has 1 aromatic rings. The predicted octanol–water partition coefficient (Wildman–Crippen LogP) is 2.33. The van der Waals surface area contributed by atoms with Gasteiger partial charge >= 0.3 is 0 Å². The van der Waals surface area contributed by atoms with E-state index in [2.05, 4.69) is 20.6 Å². The second-order valence-electron chi connectivity index (χ2n) is 6.28. The zero-order chi connectivity index (χ0) is 16.3. The van der Waals surface area contributed by atoms with Gasteiger partial charge in [0.25, 0.3) is 5.91 Å². The molecule has 0 saturated heterocycles. The van der Waals surface area contributed by atoms with Crippen LogP contribution in [0.15, 0.2) is 12.4 Å². The van der Waals surface area contributed by atoms with Crippen molar-refractivity contribution in [1.82, 2.24) is 15.3 Å². The maximum atomic E-state index is 12.1. The number of hydrogen-bond donors (Lipinski definition) is 3. The Morgan fingerprint density at radius 3 is 2.65 bits per heavy atom. The third-order valence-electron chi connectivity index (χ3n) is 4.35. The maximum absolute atomic E-state index is 12.1. The molecule has 1 aromatic heterocycles. The second kappa shape index (κ2) is 10.2. The highest BCUT2D eigenvalue weighted by molar-refractivity contribution is 5.91. The fourth-order valence-corrected chi connectivity index (χ4v) is 2.92. The first-order valence-electron chi connectivity index (χ1n) is 8.84. The highest BCUT2D eigenvalue weighted by Crippen LogP contribution is 2.22. The van der Waals surface area contributed by atoms with Crippen molar-refractivity contribution in [3.63, 3.8) is 0 Å². The number of nitrogens with zero attached hydrogens (tertiary/aromatic N) is 2. The number of carbonyl (C=O) groups excluding carboxylic acids is 1. The molecule has 1 heterocycles. The highest BCUT2D eigenvalue weighted by atomic mass is 16.1. The average Bonchev–Trinajstić information content (AvgIpc) is 2.61. The summed E-state index contributed by atoms with van der Waals surface area (Å²) >= 11 is 0. The molecular weight excluding hydrogens is 290 g/mol. The highest BCUT2D eigenvalue weighted by Gasteiger charge is 2.15. The lowest BCUT2D eigenvalue weighted by Crippen LogP contribution is -2.30. The smallest absolute Gasteiger partial charge is 0.271 e. The summed E-state index contributed by atoms with van der Waals surface area (Å²) in [5.41, 5.74) is 5.84. The lowest BCUT2D eigenvalue weighted by atomic mass is 9.89. The first kappa shape index (κ1) is 17.7. The molecule has 0 bridgehead atoms. The van der Waals surface area contributed by atoms with Crippen LogP contribution in [0.5, 0.6) is 0 Å². The van der Waals surface area contributed by atoms with Crippen LogP contribution in [-0.4, -0.2) is 35.5 Å². The molecule has 1 aliphatic rings. The summed E-state index contributed by atoms with van der Waals surface area (Å²) < 4.78 is 0. The summed E-state index contributed by atoms with van der Waals surface area (Å²) in [4.78, 5) is 20.5. The van der Waals surface area contributed by atoms with Gasteiger partial charge in [0.2, 0.25) is 0 Å². The van der Waals surface area contributed by atoms with Gasteiger partial charge < -0.3 is 16.4 Å². The molecule has 0 atom stereocenters. The molecule has 0 unspecified atom stereocenters. The lowest BCUT2D eigenvalue weighted by Gasteiger charge is -2.21. The van der Waals surface area contributed by atoms with Gasteiger partial charge in [-0.2, -0.15) is 0 Å². The van der Waals surface area contributed by atoms with E-state index in [9.17, 15) is 4.79 Å². The van der Waals surface area contributed by atoms with Crippen LogP contribution < -0.4 is 16.4 Å². The summed E-state index contributed by atoms with van der Waals surface area (Å²) in [6, 6.07) is 0. The quantitative estimate of drug-likeness (QED) is 0.607. The van der Waals surface area contributed by atoms with Crippen molar-refractivity contribution in [3.8, 4) is 0 Å². The van der Waals surface area contributed by atoms with Crippen LogP contribution in [-0.2, 0) is 0 Å². The van der Waals surface area contributed by atoms with E-state index in [1.54, 1.807) is 12.4 Å². The van der Waals surface area contributed by atoms with Crippen molar-refractivity contribution in [2.45, 2.75) is 51.4 Å². The van der Waals surface area contributed by atoms with Crippen molar-refractivity contribution >= 4 is 11.7 Å². The summed E-state index contributed by atoms with van der Waals surface area (Å²) in [5, 5.41) is 6.19. The Morgan fingerprint density at radius 1 is 1.13 bits per heavy atom. The van der Waals surface area contributed by atoms with E-state index in [0.717, 1.165) is 38.9 Å². The first-order chi connectivity index (χ1) is 11.3. The fourth-order valence-electron chi connectivity index (χ4n) is 2.92. The molecule has 6 nitrogen and oxygen atoms in total. The van der Waals surface area contributed by atoms with Crippen LogP contribution in [0.3, 0.4) is 0 Å². The maximum Gasteiger partial charge on any atom is 0.271 e. The van der Waals surface area contributed by atoms with Gasteiger partial charge in [-0.15, -0.1) is 0 Å². The number of nitrogens with one attached hydrogen (secondary N) is 2. The van der Waals surface area contributed by atoms with Gasteiger partial charge in [0.05, 0.1) is 12.4 Å². The van der Waals surface area contributed by atoms with E-state index >= 15 is 0 Å². The standard InChI is InChI=1S/C17H29N5O/c18-9-5-2-6-10-19-16-13-20-15(12-21-16)17(23)22-11-14-7-3-1-4-8-14/h12-14H,1-11,18H2,(H,19,21)(H,22,23). The van der Waals surface area contributed by atoms with Gasteiger partial charge in [-0.25, -0.2) is 9.97 Å². The topological polar surface area (TPSA) is 92.9 Å². The van der Waals surface area contributed by atoms with Crippen LogP contribution in [0, 0.1) is 5.92 Å². The number of nitrogens with two attached hydrogens (primary N) is 1. The molecule has 0 radical (unpaired) electrons. The molecule has 23 heavy (non-hydrogen) atoms. The number of amides is 1. The van der Waals surface area contributed by atoms with E-state index < -0.39 is 0 Å². The third kappa shape index (κ3) is 6.52. The molecule has 1 amide bonds. The molecule has 0 aliphatic heterocycles. The third-order valence-corrected chi connectivity index (χ3v) is 4.35. The van der Waals surface area contributed by atoms with E-state index in [4.69, 9.17) is 5.73 Å². The molecule has 1 aliphatic carbocycles. The average molecular weight is 319 g/mol. The van der Waals surface area contributed by atoms with Crippen LogP contribution in [0.4, 0.5) is 5.82 Å². The van der Waals surface area contributed by atoms with Crippen molar-refractivity contribution in [2.24, 2.45) is 11.7 Å². The zero-order valence-electron chi connectivity index (χ0n) is 13.9. The van der Waals surface area contributed by atoms with Crippen molar-refractivity contribution < 1.29 is 4.79 Å². The van der Waals surface area contributed by atoms with Gasteiger partial charge in [0.15, 0.2) is 0 Å². The zero-order valence-corrected chi connectivity index (χ0v) is 13.9. The van der Waals surface area contributed by atoms with Crippen LogP contribution in [0.25, 0.3) is 0 Å². The Bertz CT molecular complexity index is 457. The van der Waals surface area contributed by atoms with E-state index in [-0.39, 0.29) is 5.91 Å². The van der Waals surface area contributed by atoms with Crippen molar-refractivity contribution in [1.29, 1.82) is 0 Å². The molecule has 1 fully saturated rings. The second-order valence-corrected chi connectivity index (χ2v) is 6.28. The SMILES string of the molecule is NCCCCCNc1cnc(C(=O)NCC2CCCCC2)cn1. The summed E-state index contributed by atoms with van der Waals surface area (Å²) in [5.74, 6) is 1.20.